The molecule has 45 heavy (non-hydrogen) atoms. The van der Waals surface area contributed by atoms with E-state index in [4.69, 9.17) is 14.9 Å². The molecule has 0 saturated carbocycles. The van der Waals surface area contributed by atoms with Gasteiger partial charge in [0, 0.05) is 21.8 Å². The van der Waals surface area contributed by atoms with E-state index in [9.17, 15) is 0 Å². The molecule has 2 heterocycles. The van der Waals surface area contributed by atoms with Crippen molar-refractivity contribution in [2.24, 2.45) is 0 Å². The highest BCUT2D eigenvalue weighted by Gasteiger charge is 2.17. The van der Waals surface area contributed by atoms with Crippen LogP contribution in [0.2, 0.25) is 0 Å². The normalized spacial score (nSPS) is 11.7. The summed E-state index contributed by atoms with van der Waals surface area (Å²) in [6.07, 6.45) is 0. The van der Waals surface area contributed by atoms with Gasteiger partial charge in [-0.05, 0) is 76.0 Å². The number of nitrogen functional groups attached to an aromatic ring is 1. The number of nitrogens with two attached hydrogens (primary N) is 1. The van der Waals surface area contributed by atoms with Gasteiger partial charge in [0.2, 0.25) is 0 Å². The van der Waals surface area contributed by atoms with Gasteiger partial charge in [0.15, 0.2) is 5.75 Å². The molecule has 9 rings (SSSR count). The number of para-hydroxylation sites is 1. The van der Waals surface area contributed by atoms with E-state index in [1.807, 2.05) is 30.3 Å². The lowest BCUT2D eigenvalue weighted by Gasteiger charge is -2.12. The Morgan fingerprint density at radius 2 is 1.33 bits per heavy atom. The molecular weight excluding hydrogens is 552 g/mol. The lowest BCUT2D eigenvalue weighted by molar-refractivity contribution is 0.312. The van der Waals surface area contributed by atoms with Crippen LogP contribution in [0.5, 0.6) is 5.75 Å². The molecule has 4 heteroatoms. The highest BCUT2D eigenvalue weighted by Crippen LogP contribution is 2.41. The van der Waals surface area contributed by atoms with Crippen LogP contribution in [0.25, 0.3) is 71.3 Å². The van der Waals surface area contributed by atoms with Crippen molar-refractivity contribution in [2.75, 3.05) is 5.73 Å². The molecule has 214 valence electrons. The molecule has 7 aromatic carbocycles. The molecule has 0 fully saturated rings. The third-order valence-electron chi connectivity index (χ3n) is 8.87. The van der Waals surface area contributed by atoms with Crippen LogP contribution in [0.15, 0.2) is 150 Å². The van der Waals surface area contributed by atoms with Gasteiger partial charge in [-0.1, -0.05) is 97.1 Å². The molecule has 0 spiro atoms. The van der Waals surface area contributed by atoms with Crippen molar-refractivity contribution >= 4 is 60.2 Å². The number of hydrogen-bond donors (Lipinski definition) is 1. The standard InChI is InChI=1S/C41H28N2O2/c42-34-21-23-37-40(33-20-16-29(24-38(33)45-37)27-8-2-1-3-9-27)41(34)44-25-26-14-18-30(19-15-26)43-35-13-7-6-12-32(35)39-31-11-5-4-10-28(31)17-22-36(39)43/h1-24H,25,42H2. The smallest absolute Gasteiger partial charge is 0.154 e. The Balaban J connectivity index is 1.07. The van der Waals surface area contributed by atoms with Gasteiger partial charge in [0.05, 0.1) is 22.1 Å². The van der Waals surface area contributed by atoms with E-state index in [1.54, 1.807) is 0 Å². The number of furan rings is 1. The Kier molecular flexibility index (Phi) is 5.69. The lowest BCUT2D eigenvalue weighted by atomic mass is 10.0. The second kappa shape index (κ2) is 10.0. The number of nitrogens with zero attached hydrogens (tertiary/aromatic N) is 1. The zero-order chi connectivity index (χ0) is 29.9. The SMILES string of the molecule is Nc1ccc2oc3cc(-c4ccccc4)ccc3c2c1OCc1ccc(-n2c3ccccc3c3c4ccccc4ccc32)cc1. The minimum Gasteiger partial charge on any atom is -0.486 e. The van der Waals surface area contributed by atoms with E-state index in [-0.39, 0.29) is 0 Å². The number of hydrogen-bond acceptors (Lipinski definition) is 3. The zero-order valence-electron chi connectivity index (χ0n) is 24.4. The molecule has 4 nitrogen and oxygen atoms in total. The molecular formula is C41H28N2O2. The van der Waals surface area contributed by atoms with Crippen molar-refractivity contribution in [1.29, 1.82) is 0 Å². The topological polar surface area (TPSA) is 53.3 Å². The van der Waals surface area contributed by atoms with Gasteiger partial charge in [-0.25, -0.2) is 0 Å². The fraction of sp³-hybridized carbons (Fsp3) is 0.0244. The van der Waals surface area contributed by atoms with Crippen LogP contribution in [-0.4, -0.2) is 4.57 Å². The number of benzene rings is 7. The first-order chi connectivity index (χ1) is 22.2. The van der Waals surface area contributed by atoms with Gasteiger partial charge in [0.25, 0.3) is 0 Å². The summed E-state index contributed by atoms with van der Waals surface area (Å²) >= 11 is 0. The highest BCUT2D eigenvalue weighted by molar-refractivity contribution is 6.21. The third-order valence-corrected chi connectivity index (χ3v) is 8.87. The molecule has 2 N–H and O–H groups in total. The van der Waals surface area contributed by atoms with E-state index in [1.165, 1.54) is 32.6 Å². The van der Waals surface area contributed by atoms with E-state index in [2.05, 4.69) is 120 Å². The first-order valence-electron chi connectivity index (χ1n) is 15.2. The average Bonchev–Trinajstić information content (AvgIpc) is 3.64. The van der Waals surface area contributed by atoms with Gasteiger partial charge in [-0.2, -0.15) is 0 Å². The number of aromatic nitrogens is 1. The molecule has 9 aromatic rings. The Labute approximate surface area is 259 Å². The Morgan fingerprint density at radius 3 is 2.20 bits per heavy atom. The minimum absolute atomic E-state index is 0.385. The first-order valence-corrected chi connectivity index (χ1v) is 15.2. The van der Waals surface area contributed by atoms with Gasteiger partial charge < -0.3 is 19.5 Å². The second-order valence-electron chi connectivity index (χ2n) is 11.5. The second-order valence-corrected chi connectivity index (χ2v) is 11.5. The maximum Gasteiger partial charge on any atom is 0.154 e. The summed E-state index contributed by atoms with van der Waals surface area (Å²) in [5, 5.41) is 6.94. The van der Waals surface area contributed by atoms with Crippen LogP contribution in [0.3, 0.4) is 0 Å². The van der Waals surface area contributed by atoms with Crippen molar-refractivity contribution in [3.8, 4) is 22.6 Å². The Bertz CT molecular complexity index is 2540. The quantitative estimate of drug-likeness (QED) is 0.206. The average molecular weight is 581 g/mol. The molecule has 0 saturated heterocycles. The van der Waals surface area contributed by atoms with Gasteiger partial charge in [0.1, 0.15) is 17.8 Å². The molecule has 2 aromatic heterocycles. The fourth-order valence-electron chi connectivity index (χ4n) is 6.73. The molecule has 0 radical (unpaired) electrons. The van der Waals surface area contributed by atoms with Crippen LogP contribution < -0.4 is 10.5 Å². The molecule has 0 aliphatic rings. The Morgan fingerprint density at radius 1 is 0.556 bits per heavy atom. The predicted octanol–water partition coefficient (Wildman–Crippen LogP) is 10.7. The van der Waals surface area contributed by atoms with E-state index < -0.39 is 0 Å². The number of rotatable bonds is 5. The third kappa shape index (κ3) is 4.07. The molecule has 0 unspecified atom stereocenters. The van der Waals surface area contributed by atoms with Crippen LogP contribution in [0.1, 0.15) is 5.56 Å². The molecule has 0 bridgehead atoms. The van der Waals surface area contributed by atoms with Gasteiger partial charge in [-0.15, -0.1) is 0 Å². The van der Waals surface area contributed by atoms with Crippen molar-refractivity contribution in [1.82, 2.24) is 4.57 Å². The van der Waals surface area contributed by atoms with Crippen LogP contribution in [0.4, 0.5) is 5.69 Å². The summed E-state index contributed by atoms with van der Waals surface area (Å²) in [4.78, 5) is 0. The van der Waals surface area contributed by atoms with Gasteiger partial charge in [-0.3, -0.25) is 0 Å². The van der Waals surface area contributed by atoms with Crippen molar-refractivity contribution < 1.29 is 9.15 Å². The number of fused-ring (bicyclic) bond motifs is 8. The fourth-order valence-corrected chi connectivity index (χ4v) is 6.73. The summed E-state index contributed by atoms with van der Waals surface area (Å²) in [7, 11) is 0. The monoisotopic (exact) mass is 580 g/mol. The van der Waals surface area contributed by atoms with Crippen LogP contribution >= 0.6 is 0 Å². The summed E-state index contributed by atoms with van der Waals surface area (Å²) < 4.78 is 15.1. The van der Waals surface area contributed by atoms with Crippen molar-refractivity contribution in [3.05, 3.63) is 151 Å². The van der Waals surface area contributed by atoms with E-state index >= 15 is 0 Å². The number of ether oxygens (including phenoxy) is 1. The van der Waals surface area contributed by atoms with Gasteiger partial charge >= 0.3 is 0 Å². The summed E-state index contributed by atoms with van der Waals surface area (Å²) in [5.41, 5.74) is 15.4. The van der Waals surface area contributed by atoms with Crippen molar-refractivity contribution in [2.45, 2.75) is 6.61 Å². The van der Waals surface area contributed by atoms with E-state index in [0.29, 0.717) is 18.0 Å². The predicted molar refractivity (Wildman–Crippen MR) is 186 cm³/mol. The van der Waals surface area contributed by atoms with Crippen LogP contribution in [-0.2, 0) is 6.61 Å². The Hall–Kier alpha value is -6.00. The minimum atomic E-state index is 0.385. The zero-order valence-corrected chi connectivity index (χ0v) is 24.4. The largest absolute Gasteiger partial charge is 0.486 e. The molecule has 0 atom stereocenters. The molecule has 0 aliphatic carbocycles. The van der Waals surface area contributed by atoms with Crippen LogP contribution in [0, 0.1) is 0 Å². The summed E-state index contributed by atoms with van der Waals surface area (Å²) in [5.74, 6) is 0.650. The van der Waals surface area contributed by atoms with E-state index in [0.717, 1.165) is 44.3 Å². The molecule has 0 aliphatic heterocycles. The highest BCUT2D eigenvalue weighted by atomic mass is 16.5. The lowest BCUT2D eigenvalue weighted by Crippen LogP contribution is -2.00. The maximum absolute atomic E-state index is 6.49. The summed E-state index contributed by atoms with van der Waals surface area (Å²) in [6.45, 7) is 0.385. The molecule has 0 amide bonds. The summed E-state index contributed by atoms with van der Waals surface area (Å²) in [6, 6.07) is 50.7. The number of anilines is 1. The van der Waals surface area contributed by atoms with Crippen molar-refractivity contribution in [3.63, 3.8) is 0 Å². The maximum atomic E-state index is 6.49. The first kappa shape index (κ1) is 25.5.